The van der Waals surface area contributed by atoms with E-state index in [2.05, 4.69) is 35.7 Å². The van der Waals surface area contributed by atoms with Gasteiger partial charge >= 0.3 is 0 Å². The molecule has 0 aliphatic carbocycles. The highest BCUT2D eigenvalue weighted by molar-refractivity contribution is 5.09. The topological polar surface area (TPSA) is 50.3 Å². The van der Waals surface area contributed by atoms with Gasteiger partial charge in [-0.15, -0.1) is 0 Å². The van der Waals surface area contributed by atoms with Gasteiger partial charge < -0.3 is 15.5 Å². The van der Waals surface area contributed by atoms with E-state index in [-0.39, 0.29) is 6.04 Å². The van der Waals surface area contributed by atoms with Crippen LogP contribution in [0.2, 0.25) is 0 Å². The fourth-order valence-corrected chi connectivity index (χ4v) is 2.45. The highest BCUT2D eigenvalue weighted by Gasteiger charge is 2.12. The van der Waals surface area contributed by atoms with Gasteiger partial charge in [-0.05, 0) is 39.1 Å². The molecule has 1 atom stereocenters. The Morgan fingerprint density at radius 1 is 1.15 bits per heavy atom. The summed E-state index contributed by atoms with van der Waals surface area (Å²) < 4.78 is 1.81. The molecule has 0 aliphatic rings. The van der Waals surface area contributed by atoms with Crippen molar-refractivity contribution in [2.75, 3.05) is 39.3 Å². The summed E-state index contributed by atoms with van der Waals surface area (Å²) in [7, 11) is 1.93. The van der Waals surface area contributed by atoms with E-state index < -0.39 is 0 Å². The molecule has 1 heterocycles. The van der Waals surface area contributed by atoms with Crippen LogP contribution in [0.4, 0.5) is 0 Å². The lowest BCUT2D eigenvalue weighted by Gasteiger charge is -2.25. The predicted octanol–water partition coefficient (Wildman–Crippen LogP) is 1.47. The van der Waals surface area contributed by atoms with Gasteiger partial charge in [0.1, 0.15) is 0 Å². The molecule has 1 aromatic rings. The van der Waals surface area contributed by atoms with E-state index in [0.717, 1.165) is 38.3 Å². The van der Waals surface area contributed by atoms with Gasteiger partial charge in [-0.25, -0.2) is 0 Å². The Hall–Kier alpha value is -0.910. The third-order valence-electron chi connectivity index (χ3n) is 3.90. The first-order valence-electron chi connectivity index (χ1n) is 7.79. The maximum absolute atomic E-state index is 6.26. The van der Waals surface area contributed by atoms with Crippen LogP contribution < -0.4 is 5.73 Å². The second-order valence-corrected chi connectivity index (χ2v) is 5.33. The molecule has 2 N–H and O–H groups in total. The van der Waals surface area contributed by atoms with Gasteiger partial charge in [-0.1, -0.05) is 20.8 Å². The Kier molecular flexibility index (Phi) is 7.80. The summed E-state index contributed by atoms with van der Waals surface area (Å²) in [4.78, 5) is 4.90. The van der Waals surface area contributed by atoms with Crippen LogP contribution in [-0.2, 0) is 7.05 Å². The van der Waals surface area contributed by atoms with Crippen LogP contribution in [-0.4, -0.2) is 58.8 Å². The van der Waals surface area contributed by atoms with Crippen LogP contribution in [0.3, 0.4) is 0 Å². The molecule has 1 aromatic heterocycles. The lowest BCUT2D eigenvalue weighted by molar-refractivity contribution is 0.234. The smallest absolute Gasteiger partial charge is 0.0537 e. The molecule has 0 saturated heterocycles. The van der Waals surface area contributed by atoms with Gasteiger partial charge in [0, 0.05) is 31.4 Å². The molecule has 116 valence electrons. The first-order chi connectivity index (χ1) is 9.60. The van der Waals surface area contributed by atoms with Crippen molar-refractivity contribution < 1.29 is 0 Å². The average molecular weight is 281 g/mol. The monoisotopic (exact) mass is 281 g/mol. The predicted molar refractivity (Wildman–Crippen MR) is 84.7 cm³/mol. The summed E-state index contributed by atoms with van der Waals surface area (Å²) >= 11 is 0. The summed E-state index contributed by atoms with van der Waals surface area (Å²) in [5.74, 6) is 0. The van der Waals surface area contributed by atoms with Crippen molar-refractivity contribution in [3.05, 3.63) is 18.0 Å². The Morgan fingerprint density at radius 3 is 2.25 bits per heavy atom. The second-order valence-electron chi connectivity index (χ2n) is 5.33. The number of hydrogen-bond acceptors (Lipinski definition) is 4. The van der Waals surface area contributed by atoms with Crippen LogP contribution >= 0.6 is 0 Å². The second kappa shape index (κ2) is 9.10. The molecule has 20 heavy (non-hydrogen) atoms. The van der Waals surface area contributed by atoms with Gasteiger partial charge in [-0.2, -0.15) is 5.10 Å². The quantitative estimate of drug-likeness (QED) is 0.706. The van der Waals surface area contributed by atoms with Gasteiger partial charge in [0.05, 0.1) is 6.20 Å². The molecule has 0 saturated carbocycles. The molecule has 0 spiro atoms. The van der Waals surface area contributed by atoms with Crippen molar-refractivity contribution in [3.63, 3.8) is 0 Å². The molecule has 0 aliphatic heterocycles. The van der Waals surface area contributed by atoms with E-state index in [0.29, 0.717) is 0 Å². The van der Waals surface area contributed by atoms with Gasteiger partial charge in [-0.3, -0.25) is 4.68 Å². The fraction of sp³-hybridized carbons (Fsp3) is 0.800. The van der Waals surface area contributed by atoms with E-state index in [1.807, 2.05) is 24.1 Å². The standard InChI is InChI=1S/C15H31N5/c1-5-19(6-2)9-8-10-20(7-3)13-15(16)14-11-17-18(4)12-14/h11-12,15H,5-10,13,16H2,1-4H3. The molecule has 0 radical (unpaired) electrons. The number of rotatable bonds is 10. The number of likely N-dealkylation sites (N-methyl/N-ethyl adjacent to an activating group) is 1. The Labute approximate surface area is 123 Å². The molecule has 0 bridgehead atoms. The average Bonchev–Trinajstić information content (AvgIpc) is 2.89. The van der Waals surface area contributed by atoms with Crippen LogP contribution in [0.25, 0.3) is 0 Å². The highest BCUT2D eigenvalue weighted by Crippen LogP contribution is 2.10. The summed E-state index contributed by atoms with van der Waals surface area (Å²) in [6, 6.07) is 0.0529. The van der Waals surface area contributed by atoms with E-state index in [4.69, 9.17) is 5.73 Å². The number of aryl methyl sites for hydroxylation is 1. The van der Waals surface area contributed by atoms with Crippen LogP contribution in [0.5, 0.6) is 0 Å². The Bertz CT molecular complexity index is 359. The maximum Gasteiger partial charge on any atom is 0.0537 e. The zero-order chi connectivity index (χ0) is 15.0. The minimum absolute atomic E-state index is 0.0529. The van der Waals surface area contributed by atoms with E-state index >= 15 is 0 Å². The van der Waals surface area contributed by atoms with Crippen LogP contribution in [0, 0.1) is 0 Å². The van der Waals surface area contributed by atoms with Crippen molar-refractivity contribution in [2.45, 2.75) is 33.2 Å². The zero-order valence-corrected chi connectivity index (χ0v) is 13.5. The van der Waals surface area contributed by atoms with Crippen molar-refractivity contribution in [3.8, 4) is 0 Å². The number of aromatic nitrogens is 2. The summed E-state index contributed by atoms with van der Waals surface area (Å²) in [5, 5.41) is 4.19. The third kappa shape index (κ3) is 5.61. The van der Waals surface area contributed by atoms with E-state index in [1.54, 1.807) is 0 Å². The van der Waals surface area contributed by atoms with E-state index in [9.17, 15) is 0 Å². The lowest BCUT2D eigenvalue weighted by Crippen LogP contribution is -2.34. The van der Waals surface area contributed by atoms with Crippen molar-refractivity contribution in [1.29, 1.82) is 0 Å². The molecular formula is C15H31N5. The maximum atomic E-state index is 6.26. The van der Waals surface area contributed by atoms with Gasteiger partial charge in [0.2, 0.25) is 0 Å². The van der Waals surface area contributed by atoms with Gasteiger partial charge in [0.25, 0.3) is 0 Å². The summed E-state index contributed by atoms with van der Waals surface area (Å²) in [5.41, 5.74) is 7.38. The van der Waals surface area contributed by atoms with Crippen LogP contribution in [0.1, 0.15) is 38.8 Å². The number of nitrogens with two attached hydrogens (primary N) is 1. The van der Waals surface area contributed by atoms with E-state index in [1.165, 1.54) is 13.0 Å². The minimum Gasteiger partial charge on any atom is -0.323 e. The number of hydrogen-bond donors (Lipinski definition) is 1. The van der Waals surface area contributed by atoms with Crippen LogP contribution in [0.15, 0.2) is 12.4 Å². The summed E-state index contributed by atoms with van der Waals surface area (Å²) in [6.45, 7) is 13.2. The Morgan fingerprint density at radius 2 is 1.75 bits per heavy atom. The van der Waals surface area contributed by atoms with Gasteiger partial charge in [0.15, 0.2) is 0 Å². The largest absolute Gasteiger partial charge is 0.323 e. The summed E-state index contributed by atoms with van der Waals surface area (Å²) in [6.07, 6.45) is 5.08. The fourth-order valence-electron chi connectivity index (χ4n) is 2.45. The molecule has 5 nitrogen and oxygen atoms in total. The highest BCUT2D eigenvalue weighted by atomic mass is 15.2. The molecular weight excluding hydrogens is 250 g/mol. The molecule has 1 rings (SSSR count). The molecule has 0 amide bonds. The Balaban J connectivity index is 2.35. The normalized spacial score (nSPS) is 13.3. The molecule has 1 unspecified atom stereocenters. The zero-order valence-electron chi connectivity index (χ0n) is 13.5. The van der Waals surface area contributed by atoms with Crippen molar-refractivity contribution >= 4 is 0 Å². The first kappa shape index (κ1) is 17.1. The third-order valence-corrected chi connectivity index (χ3v) is 3.90. The molecule has 0 fully saturated rings. The molecule has 0 aromatic carbocycles. The van der Waals surface area contributed by atoms with Crippen molar-refractivity contribution in [2.24, 2.45) is 12.8 Å². The lowest BCUT2D eigenvalue weighted by atomic mass is 10.1. The molecule has 5 heteroatoms. The van der Waals surface area contributed by atoms with Crippen molar-refractivity contribution in [1.82, 2.24) is 19.6 Å². The number of nitrogens with zero attached hydrogens (tertiary/aromatic N) is 4. The minimum atomic E-state index is 0.0529. The SMILES string of the molecule is CCN(CC)CCCN(CC)CC(N)c1cnn(C)c1. The first-order valence-corrected chi connectivity index (χ1v) is 7.79.